The van der Waals surface area contributed by atoms with Crippen molar-refractivity contribution in [2.45, 2.75) is 33.1 Å². The fraction of sp³-hybridized carbons (Fsp3) is 0.667. The summed E-state index contributed by atoms with van der Waals surface area (Å²) in [6, 6.07) is 0. The zero-order valence-corrected chi connectivity index (χ0v) is 10.2. The molecule has 0 radical (unpaired) electrons. The molecular weight excluding hydrogens is 197 g/mol. The Hall–Kier alpha value is 1.10. The van der Waals surface area contributed by atoms with Crippen molar-refractivity contribution in [2.24, 2.45) is 5.92 Å². The zero-order chi connectivity index (χ0) is 7.70. The molecule has 0 aromatic carbocycles. The summed E-state index contributed by atoms with van der Waals surface area (Å²) in [6.07, 6.45) is 3.31. The zero-order valence-electron chi connectivity index (χ0n) is 7.40. The number of rotatable bonds is 3. The van der Waals surface area contributed by atoms with Gasteiger partial charge in [0.25, 0.3) is 0 Å². The van der Waals surface area contributed by atoms with Gasteiger partial charge in [-0.15, -0.1) is 0 Å². The summed E-state index contributed by atoms with van der Waals surface area (Å²) >= 11 is 0. The van der Waals surface area contributed by atoms with E-state index in [4.69, 9.17) is 0 Å². The second-order valence-electron chi connectivity index (χ2n) is 1.85. The van der Waals surface area contributed by atoms with Crippen LogP contribution in [-0.2, 0) is 32.7 Å². The van der Waals surface area contributed by atoms with Crippen molar-refractivity contribution in [2.75, 3.05) is 0 Å². The van der Waals surface area contributed by atoms with Gasteiger partial charge in [-0.1, -0.05) is 19.3 Å². The van der Waals surface area contributed by atoms with Crippen LogP contribution in [0.25, 0.3) is 0 Å². The van der Waals surface area contributed by atoms with Crippen molar-refractivity contribution in [3.63, 3.8) is 0 Å². The molecule has 0 unspecified atom stereocenters. The van der Waals surface area contributed by atoms with E-state index in [0.29, 0.717) is 0 Å². The Labute approximate surface area is 92.0 Å². The van der Waals surface area contributed by atoms with Crippen LogP contribution in [0.2, 0.25) is 0 Å². The summed E-state index contributed by atoms with van der Waals surface area (Å²) in [6.45, 7) is 14.8. The minimum absolute atomic E-state index is 0. The van der Waals surface area contributed by atoms with E-state index in [9.17, 15) is 0 Å². The molecule has 0 rings (SSSR count). The van der Waals surface area contributed by atoms with Crippen LogP contribution in [0.3, 0.4) is 0 Å². The summed E-state index contributed by atoms with van der Waals surface area (Å²) in [4.78, 5) is 0. The third kappa shape index (κ3) is 11.8. The van der Waals surface area contributed by atoms with Crippen LogP contribution in [-0.4, -0.2) is 0 Å². The van der Waals surface area contributed by atoms with Crippen molar-refractivity contribution in [3.05, 3.63) is 20.8 Å². The van der Waals surface area contributed by atoms with Gasteiger partial charge in [0.2, 0.25) is 0 Å². The standard InChI is InChI=1S/C7H14.C2H5.Y/c1-4-7(5-2)6-3;1-2;/h7H,1-2,4-6H2,3H3;1H2,2H3;/q-2;-1;+3. The Morgan fingerprint density at radius 2 is 1.40 bits per heavy atom. The van der Waals surface area contributed by atoms with Gasteiger partial charge < -0.3 is 20.8 Å². The van der Waals surface area contributed by atoms with E-state index in [2.05, 4.69) is 27.7 Å². The molecule has 1 heteroatoms. The molecule has 0 amide bonds. The van der Waals surface area contributed by atoms with E-state index in [1.165, 1.54) is 6.42 Å². The van der Waals surface area contributed by atoms with E-state index >= 15 is 0 Å². The summed E-state index contributed by atoms with van der Waals surface area (Å²) in [5, 5.41) is 0. The van der Waals surface area contributed by atoms with E-state index < -0.39 is 0 Å². The molecule has 0 atom stereocenters. The predicted octanol–water partition coefficient (Wildman–Crippen LogP) is 3.30. The first kappa shape index (κ1) is 17.3. The van der Waals surface area contributed by atoms with Gasteiger partial charge in [0.05, 0.1) is 0 Å². The topological polar surface area (TPSA) is 0 Å². The summed E-state index contributed by atoms with van der Waals surface area (Å²) < 4.78 is 0. The molecule has 0 aliphatic heterocycles. The largest absolute Gasteiger partial charge is 3.00 e. The number of hydrogen-bond donors (Lipinski definition) is 0. The maximum atomic E-state index is 3.79. The van der Waals surface area contributed by atoms with Crippen molar-refractivity contribution >= 4 is 0 Å². The predicted molar refractivity (Wildman–Crippen MR) is 44.8 cm³/mol. The molecule has 0 nitrogen and oxygen atoms in total. The molecule has 0 saturated heterocycles. The Balaban J connectivity index is -0.000000149. The molecule has 0 fully saturated rings. The number of hydrogen-bond acceptors (Lipinski definition) is 0. The average Bonchev–Trinajstić information content (AvgIpc) is 1.96. The molecule has 0 heterocycles. The molecular formula is C9H19Y. The normalized spacial score (nSPS) is 7.80. The van der Waals surface area contributed by atoms with Crippen molar-refractivity contribution in [3.8, 4) is 0 Å². The molecule has 0 N–H and O–H groups in total. The van der Waals surface area contributed by atoms with E-state index in [1.807, 2.05) is 0 Å². The van der Waals surface area contributed by atoms with Gasteiger partial charge >= 0.3 is 32.7 Å². The van der Waals surface area contributed by atoms with Crippen LogP contribution in [0.5, 0.6) is 0 Å². The summed E-state index contributed by atoms with van der Waals surface area (Å²) in [7, 11) is 0. The first-order chi connectivity index (χ1) is 4.35. The molecule has 0 bridgehead atoms. The minimum Gasteiger partial charge on any atom is -0.346 e. The van der Waals surface area contributed by atoms with E-state index in [0.717, 1.165) is 18.8 Å². The smallest absolute Gasteiger partial charge is 0.346 e. The second kappa shape index (κ2) is 16.6. The SMILES string of the molecule is [CH2-]C.[CH2-]CC(C[CH2-])CC.[Y+3]. The Morgan fingerprint density at radius 3 is 1.40 bits per heavy atom. The van der Waals surface area contributed by atoms with Gasteiger partial charge in [-0.05, 0) is 0 Å². The van der Waals surface area contributed by atoms with Gasteiger partial charge in [0, 0.05) is 0 Å². The Morgan fingerprint density at radius 1 is 1.10 bits per heavy atom. The first-order valence-electron chi connectivity index (χ1n) is 3.64. The van der Waals surface area contributed by atoms with Crippen LogP contribution in [0.4, 0.5) is 0 Å². The monoisotopic (exact) mass is 216 g/mol. The van der Waals surface area contributed by atoms with Crippen molar-refractivity contribution in [1.82, 2.24) is 0 Å². The van der Waals surface area contributed by atoms with E-state index in [1.54, 1.807) is 6.92 Å². The molecule has 0 aromatic rings. The molecule has 0 aliphatic carbocycles. The Bertz CT molecular complexity index is 26.2. The van der Waals surface area contributed by atoms with Crippen LogP contribution in [0, 0.1) is 26.7 Å². The van der Waals surface area contributed by atoms with Crippen molar-refractivity contribution in [1.29, 1.82) is 0 Å². The quantitative estimate of drug-likeness (QED) is 0.635. The van der Waals surface area contributed by atoms with Crippen molar-refractivity contribution < 1.29 is 32.7 Å². The summed E-state index contributed by atoms with van der Waals surface area (Å²) in [5.41, 5.74) is 0. The van der Waals surface area contributed by atoms with Crippen LogP contribution in [0.15, 0.2) is 0 Å². The third-order valence-electron chi connectivity index (χ3n) is 1.39. The maximum absolute atomic E-state index is 3.79. The third-order valence-corrected chi connectivity index (χ3v) is 1.39. The Kier molecular flexibility index (Phi) is 28.6. The molecule has 0 aromatic heterocycles. The van der Waals surface area contributed by atoms with Crippen LogP contribution < -0.4 is 0 Å². The van der Waals surface area contributed by atoms with Crippen LogP contribution in [0.1, 0.15) is 33.1 Å². The van der Waals surface area contributed by atoms with Gasteiger partial charge in [-0.25, -0.2) is 0 Å². The second-order valence-corrected chi connectivity index (χ2v) is 1.85. The van der Waals surface area contributed by atoms with E-state index in [-0.39, 0.29) is 32.7 Å². The fourth-order valence-electron chi connectivity index (χ4n) is 0.553. The first-order valence-corrected chi connectivity index (χ1v) is 3.64. The van der Waals surface area contributed by atoms with Gasteiger partial charge in [-0.2, -0.15) is 19.8 Å². The minimum atomic E-state index is 0. The molecule has 0 spiro atoms. The fourth-order valence-corrected chi connectivity index (χ4v) is 0.553. The molecule has 58 valence electrons. The maximum Gasteiger partial charge on any atom is 3.00 e. The molecule has 0 saturated carbocycles. The van der Waals surface area contributed by atoms with Crippen LogP contribution >= 0.6 is 0 Å². The summed E-state index contributed by atoms with van der Waals surface area (Å²) in [5.74, 6) is 0.764. The van der Waals surface area contributed by atoms with Gasteiger partial charge in [0.15, 0.2) is 0 Å². The molecule has 10 heavy (non-hydrogen) atoms. The van der Waals surface area contributed by atoms with Gasteiger partial charge in [-0.3, -0.25) is 0 Å². The average molecular weight is 216 g/mol. The van der Waals surface area contributed by atoms with Gasteiger partial charge in [0.1, 0.15) is 0 Å². The molecule has 0 aliphatic rings.